The Morgan fingerprint density at radius 1 is 1.22 bits per heavy atom. The number of ether oxygens (including phenoxy) is 2. The lowest BCUT2D eigenvalue weighted by molar-refractivity contribution is 0.0740. The summed E-state index contributed by atoms with van der Waals surface area (Å²) in [7, 11) is 1.69. The van der Waals surface area contributed by atoms with Crippen molar-refractivity contribution in [3.05, 3.63) is 24.3 Å². The number of nitrogens with zero attached hydrogens (tertiary/aromatic N) is 1. The third kappa shape index (κ3) is 4.05. The van der Waals surface area contributed by atoms with Gasteiger partial charge in [-0.25, -0.2) is 0 Å². The first kappa shape index (κ1) is 15.1. The van der Waals surface area contributed by atoms with Crippen LogP contribution in [0, 0.1) is 0 Å². The average molecular weight is 273 g/mol. The molecule has 0 atom stereocenters. The highest BCUT2D eigenvalue weighted by molar-refractivity contribution is 5.85. The van der Waals surface area contributed by atoms with E-state index in [1.54, 1.807) is 7.11 Å². The highest BCUT2D eigenvalue weighted by atomic mass is 35.5. The Labute approximate surface area is 115 Å². The molecule has 1 N–H and O–H groups in total. The summed E-state index contributed by atoms with van der Waals surface area (Å²) in [5.74, 6) is 0. The van der Waals surface area contributed by atoms with Gasteiger partial charge >= 0.3 is 0 Å². The van der Waals surface area contributed by atoms with Crippen molar-refractivity contribution in [2.24, 2.45) is 0 Å². The summed E-state index contributed by atoms with van der Waals surface area (Å²) in [6.45, 7) is 5.04. The maximum atomic E-state index is 5.50. The first-order chi connectivity index (χ1) is 8.42. The van der Waals surface area contributed by atoms with Crippen molar-refractivity contribution in [2.75, 3.05) is 56.8 Å². The fourth-order valence-corrected chi connectivity index (χ4v) is 2.00. The molecular weight excluding hydrogens is 252 g/mol. The van der Waals surface area contributed by atoms with Gasteiger partial charge in [0.05, 0.1) is 31.2 Å². The Morgan fingerprint density at radius 3 is 2.89 bits per heavy atom. The van der Waals surface area contributed by atoms with E-state index in [9.17, 15) is 0 Å². The smallest absolute Gasteiger partial charge is 0.0701 e. The first-order valence-corrected chi connectivity index (χ1v) is 6.06. The van der Waals surface area contributed by atoms with Crippen LogP contribution in [0.4, 0.5) is 11.4 Å². The lowest BCUT2D eigenvalue weighted by Gasteiger charge is -2.31. The fourth-order valence-electron chi connectivity index (χ4n) is 2.00. The maximum Gasteiger partial charge on any atom is 0.0701 e. The molecule has 102 valence electrons. The van der Waals surface area contributed by atoms with Crippen molar-refractivity contribution >= 4 is 23.8 Å². The van der Waals surface area contributed by atoms with Crippen molar-refractivity contribution in [3.63, 3.8) is 0 Å². The molecule has 2 rings (SSSR count). The molecule has 1 aliphatic heterocycles. The Morgan fingerprint density at radius 2 is 2.06 bits per heavy atom. The van der Waals surface area contributed by atoms with E-state index >= 15 is 0 Å². The Balaban J connectivity index is 0.00000162. The molecule has 0 aromatic heterocycles. The van der Waals surface area contributed by atoms with E-state index < -0.39 is 0 Å². The van der Waals surface area contributed by atoms with Gasteiger partial charge in [0.15, 0.2) is 0 Å². The van der Waals surface area contributed by atoms with Crippen LogP contribution in [-0.4, -0.2) is 46.6 Å². The summed E-state index contributed by atoms with van der Waals surface area (Å²) >= 11 is 0. The summed E-state index contributed by atoms with van der Waals surface area (Å²) in [6.07, 6.45) is 0. The van der Waals surface area contributed by atoms with Gasteiger partial charge in [0.2, 0.25) is 0 Å². The Hall–Kier alpha value is -0.970. The van der Waals surface area contributed by atoms with E-state index in [4.69, 9.17) is 9.47 Å². The van der Waals surface area contributed by atoms with E-state index in [1.807, 2.05) is 0 Å². The van der Waals surface area contributed by atoms with Gasteiger partial charge in [0.25, 0.3) is 0 Å². The lowest BCUT2D eigenvalue weighted by atomic mass is 10.2. The summed E-state index contributed by atoms with van der Waals surface area (Å²) in [5, 5.41) is 3.40. The molecule has 0 spiro atoms. The van der Waals surface area contributed by atoms with Crippen molar-refractivity contribution in [1.82, 2.24) is 0 Å². The Kier molecular flexibility index (Phi) is 6.86. The molecule has 0 saturated carbocycles. The van der Waals surface area contributed by atoms with Gasteiger partial charge in [-0.1, -0.05) is 12.1 Å². The number of methoxy groups -OCH3 is 1. The van der Waals surface area contributed by atoms with E-state index in [1.165, 1.54) is 11.4 Å². The van der Waals surface area contributed by atoms with Crippen molar-refractivity contribution in [1.29, 1.82) is 0 Å². The van der Waals surface area contributed by atoms with Crippen LogP contribution in [0.2, 0.25) is 0 Å². The predicted octanol–water partition coefficient (Wildman–Crippen LogP) is 2.00. The molecule has 0 bridgehead atoms. The highest BCUT2D eigenvalue weighted by Crippen LogP contribution is 2.27. The number of nitrogens with one attached hydrogen (secondary N) is 1. The number of halogens is 1. The predicted molar refractivity (Wildman–Crippen MR) is 77.1 cm³/mol. The lowest BCUT2D eigenvalue weighted by Crippen LogP contribution is -2.36. The number of anilines is 2. The number of rotatable bonds is 6. The second kappa shape index (κ2) is 8.19. The van der Waals surface area contributed by atoms with E-state index in [0.717, 1.165) is 26.2 Å². The molecule has 1 aliphatic rings. The topological polar surface area (TPSA) is 33.7 Å². The third-order valence-corrected chi connectivity index (χ3v) is 2.88. The van der Waals surface area contributed by atoms with Crippen LogP contribution in [-0.2, 0) is 9.47 Å². The number of fused-ring (bicyclic) bond motifs is 1. The summed E-state index contributed by atoms with van der Waals surface area (Å²) < 4.78 is 10.4. The van der Waals surface area contributed by atoms with Crippen LogP contribution >= 0.6 is 12.4 Å². The zero-order valence-electron chi connectivity index (χ0n) is 10.7. The maximum absolute atomic E-state index is 5.50. The van der Waals surface area contributed by atoms with Gasteiger partial charge in [0, 0.05) is 26.7 Å². The van der Waals surface area contributed by atoms with Crippen LogP contribution in [0.15, 0.2) is 24.3 Å². The van der Waals surface area contributed by atoms with Gasteiger partial charge < -0.3 is 19.7 Å². The van der Waals surface area contributed by atoms with E-state index in [0.29, 0.717) is 13.2 Å². The van der Waals surface area contributed by atoms with Crippen LogP contribution in [0.1, 0.15) is 0 Å². The van der Waals surface area contributed by atoms with Crippen LogP contribution in [0.5, 0.6) is 0 Å². The molecule has 0 unspecified atom stereocenters. The largest absolute Gasteiger partial charge is 0.382 e. The highest BCUT2D eigenvalue weighted by Gasteiger charge is 2.14. The molecule has 1 aromatic rings. The second-order valence-corrected chi connectivity index (χ2v) is 4.04. The molecule has 4 nitrogen and oxygen atoms in total. The van der Waals surface area contributed by atoms with Gasteiger partial charge in [-0.15, -0.1) is 12.4 Å². The first-order valence-electron chi connectivity index (χ1n) is 6.06. The molecule has 0 fully saturated rings. The summed E-state index contributed by atoms with van der Waals surface area (Å²) in [5.41, 5.74) is 2.49. The SMILES string of the molecule is COCCOCCN1CCNc2ccccc21.Cl. The van der Waals surface area contributed by atoms with Gasteiger partial charge in [-0.2, -0.15) is 0 Å². The molecule has 5 heteroatoms. The molecule has 0 aliphatic carbocycles. The van der Waals surface area contributed by atoms with Crippen LogP contribution in [0.3, 0.4) is 0 Å². The minimum atomic E-state index is 0. The number of benzene rings is 1. The summed E-state index contributed by atoms with van der Waals surface area (Å²) in [4.78, 5) is 2.36. The van der Waals surface area contributed by atoms with Crippen molar-refractivity contribution in [3.8, 4) is 0 Å². The molecule has 18 heavy (non-hydrogen) atoms. The van der Waals surface area contributed by atoms with Crippen molar-refractivity contribution in [2.45, 2.75) is 0 Å². The fraction of sp³-hybridized carbons (Fsp3) is 0.538. The minimum Gasteiger partial charge on any atom is -0.382 e. The second-order valence-electron chi connectivity index (χ2n) is 4.04. The van der Waals surface area contributed by atoms with E-state index in [2.05, 4.69) is 34.5 Å². The zero-order valence-corrected chi connectivity index (χ0v) is 11.5. The number of hydrogen-bond acceptors (Lipinski definition) is 4. The zero-order chi connectivity index (χ0) is 11.9. The standard InChI is InChI=1S/C13H20N2O2.ClH/c1-16-10-11-17-9-8-15-7-6-14-12-4-2-3-5-13(12)15;/h2-5,14H,6-11H2,1H3;1H. The van der Waals surface area contributed by atoms with E-state index in [-0.39, 0.29) is 12.4 Å². The minimum absolute atomic E-state index is 0. The molecule has 0 amide bonds. The molecular formula is C13H21ClN2O2. The molecule has 0 saturated heterocycles. The normalized spacial score (nSPS) is 13.5. The molecule has 1 aromatic carbocycles. The summed E-state index contributed by atoms with van der Waals surface area (Å²) in [6, 6.07) is 8.40. The van der Waals surface area contributed by atoms with Crippen LogP contribution in [0.25, 0.3) is 0 Å². The van der Waals surface area contributed by atoms with Crippen molar-refractivity contribution < 1.29 is 9.47 Å². The monoisotopic (exact) mass is 272 g/mol. The van der Waals surface area contributed by atoms with Crippen LogP contribution < -0.4 is 10.2 Å². The molecule has 0 radical (unpaired) electrons. The average Bonchev–Trinajstić information content (AvgIpc) is 2.39. The Bertz CT molecular complexity index is 350. The van der Waals surface area contributed by atoms with Gasteiger partial charge in [-0.05, 0) is 12.1 Å². The molecule has 1 heterocycles. The quantitative estimate of drug-likeness (QED) is 0.804. The number of hydrogen-bond donors (Lipinski definition) is 1. The van der Waals surface area contributed by atoms with Gasteiger partial charge in [0.1, 0.15) is 0 Å². The third-order valence-electron chi connectivity index (χ3n) is 2.88. The van der Waals surface area contributed by atoms with Gasteiger partial charge in [-0.3, -0.25) is 0 Å². The number of para-hydroxylation sites is 2.